The molecule has 0 spiro atoms. The Morgan fingerprint density at radius 3 is 2.92 bits per heavy atom. The number of aliphatic hydroxyl groups excluding tert-OH is 1. The molecule has 0 radical (unpaired) electrons. The van der Waals surface area contributed by atoms with Gasteiger partial charge in [0.05, 0.1) is 6.61 Å². The Labute approximate surface area is 74.3 Å². The predicted molar refractivity (Wildman–Crippen MR) is 48.2 cm³/mol. The van der Waals surface area contributed by atoms with Crippen LogP contribution in [0.4, 0.5) is 0 Å². The number of aliphatic hydroxyl groups is 1. The van der Waals surface area contributed by atoms with E-state index in [0.29, 0.717) is 6.61 Å². The maximum absolute atomic E-state index is 8.61. The fraction of sp³-hybridized carbons (Fsp3) is 1.00. The van der Waals surface area contributed by atoms with Gasteiger partial charge in [-0.2, -0.15) is 0 Å². The lowest BCUT2D eigenvalue weighted by atomic mass is 10.3. The van der Waals surface area contributed by atoms with Crippen LogP contribution in [0, 0.1) is 0 Å². The van der Waals surface area contributed by atoms with Crippen molar-refractivity contribution in [2.45, 2.75) is 19.3 Å². The van der Waals surface area contributed by atoms with Crippen LogP contribution >= 0.6 is 0 Å². The van der Waals surface area contributed by atoms with Gasteiger partial charge in [-0.3, -0.25) is 0 Å². The Morgan fingerprint density at radius 2 is 2.08 bits per heavy atom. The first-order valence-electron chi connectivity index (χ1n) is 4.84. The molecule has 12 heavy (non-hydrogen) atoms. The molecular weight excluding hydrogens is 154 g/mol. The second-order valence-electron chi connectivity index (χ2n) is 3.24. The van der Waals surface area contributed by atoms with E-state index in [1.54, 1.807) is 0 Å². The molecule has 1 aliphatic rings. The minimum atomic E-state index is 0.324. The van der Waals surface area contributed by atoms with Crippen LogP contribution in [0.15, 0.2) is 0 Å². The third kappa shape index (κ3) is 4.04. The molecule has 0 bridgehead atoms. The molecule has 0 aromatic heterocycles. The van der Waals surface area contributed by atoms with Crippen LogP contribution in [0.1, 0.15) is 19.3 Å². The first-order valence-corrected chi connectivity index (χ1v) is 4.84. The van der Waals surface area contributed by atoms with E-state index in [4.69, 9.17) is 9.84 Å². The van der Waals surface area contributed by atoms with Crippen molar-refractivity contribution in [3.8, 4) is 0 Å². The van der Waals surface area contributed by atoms with Crippen molar-refractivity contribution in [1.29, 1.82) is 0 Å². The minimum absolute atomic E-state index is 0.324. The lowest BCUT2D eigenvalue weighted by molar-refractivity contribution is 0.140. The molecule has 0 aliphatic carbocycles. The summed E-state index contributed by atoms with van der Waals surface area (Å²) in [6, 6.07) is 0. The number of nitrogens with zero attached hydrogens (tertiary/aromatic N) is 1. The summed E-state index contributed by atoms with van der Waals surface area (Å²) in [5.74, 6) is 0. The van der Waals surface area contributed by atoms with Crippen LogP contribution in [0.2, 0.25) is 0 Å². The quantitative estimate of drug-likeness (QED) is 0.628. The molecule has 3 heteroatoms. The smallest absolute Gasteiger partial charge is 0.0593 e. The van der Waals surface area contributed by atoms with E-state index in [9.17, 15) is 0 Å². The predicted octanol–water partition coefficient (Wildman–Crippen LogP) is 0.481. The number of unbranched alkanes of at least 4 members (excludes halogenated alkanes) is 1. The normalized spacial score (nSPS) is 20.8. The van der Waals surface area contributed by atoms with E-state index in [-0.39, 0.29) is 0 Å². The fourth-order valence-electron chi connectivity index (χ4n) is 1.47. The Balaban J connectivity index is 2.04. The minimum Gasteiger partial charge on any atom is -0.396 e. The number of rotatable bonds is 4. The lowest BCUT2D eigenvalue weighted by Gasteiger charge is -2.18. The lowest BCUT2D eigenvalue weighted by Crippen LogP contribution is -2.27. The number of hydrogen-bond donors (Lipinski definition) is 1. The van der Waals surface area contributed by atoms with Gasteiger partial charge in [0.1, 0.15) is 0 Å². The highest BCUT2D eigenvalue weighted by Gasteiger charge is 2.07. The van der Waals surface area contributed by atoms with Gasteiger partial charge in [-0.25, -0.2) is 0 Å². The number of ether oxygens (including phenoxy) is 1. The Bertz CT molecular complexity index is 101. The van der Waals surface area contributed by atoms with E-state index < -0.39 is 0 Å². The van der Waals surface area contributed by atoms with Crippen molar-refractivity contribution in [3.05, 3.63) is 0 Å². The molecule has 3 nitrogen and oxygen atoms in total. The third-order valence-electron chi connectivity index (χ3n) is 2.20. The standard InChI is InChI=1S/C9H19NO2/c11-7-2-1-4-10-5-3-8-12-9-6-10/h11H,1-9H2. The van der Waals surface area contributed by atoms with Crippen LogP contribution in [0.25, 0.3) is 0 Å². The summed E-state index contributed by atoms with van der Waals surface area (Å²) >= 11 is 0. The summed E-state index contributed by atoms with van der Waals surface area (Å²) in [6.07, 6.45) is 3.19. The molecule has 1 heterocycles. The second-order valence-corrected chi connectivity index (χ2v) is 3.24. The number of hydrogen-bond acceptors (Lipinski definition) is 3. The van der Waals surface area contributed by atoms with Crippen LogP contribution in [0.3, 0.4) is 0 Å². The van der Waals surface area contributed by atoms with Crippen molar-refractivity contribution < 1.29 is 9.84 Å². The molecule has 0 saturated carbocycles. The molecule has 1 saturated heterocycles. The summed E-state index contributed by atoms with van der Waals surface area (Å²) in [5.41, 5.74) is 0. The van der Waals surface area contributed by atoms with E-state index in [1.807, 2.05) is 0 Å². The van der Waals surface area contributed by atoms with Crippen LogP contribution in [0.5, 0.6) is 0 Å². The third-order valence-corrected chi connectivity index (χ3v) is 2.20. The molecule has 1 rings (SSSR count). The molecule has 72 valence electrons. The van der Waals surface area contributed by atoms with E-state index in [1.165, 1.54) is 0 Å². The molecule has 1 aliphatic heterocycles. The molecule has 1 fully saturated rings. The zero-order valence-electron chi connectivity index (χ0n) is 7.67. The molecule has 0 aromatic carbocycles. The Kier molecular flexibility index (Phi) is 5.32. The SMILES string of the molecule is OCCCCN1CCCOCC1. The zero-order valence-corrected chi connectivity index (χ0v) is 7.67. The highest BCUT2D eigenvalue weighted by molar-refractivity contribution is 4.60. The Morgan fingerprint density at radius 1 is 1.17 bits per heavy atom. The van der Waals surface area contributed by atoms with Crippen LogP contribution in [-0.4, -0.2) is 49.5 Å². The highest BCUT2D eigenvalue weighted by Crippen LogP contribution is 2.00. The van der Waals surface area contributed by atoms with Crippen molar-refractivity contribution in [2.24, 2.45) is 0 Å². The van der Waals surface area contributed by atoms with Gasteiger partial charge in [0.25, 0.3) is 0 Å². The molecular formula is C9H19NO2. The van der Waals surface area contributed by atoms with Gasteiger partial charge in [-0.1, -0.05) is 0 Å². The topological polar surface area (TPSA) is 32.7 Å². The maximum Gasteiger partial charge on any atom is 0.0593 e. The second kappa shape index (κ2) is 6.40. The van der Waals surface area contributed by atoms with Gasteiger partial charge in [-0.15, -0.1) is 0 Å². The summed E-state index contributed by atoms with van der Waals surface area (Å²) in [7, 11) is 0. The molecule has 0 unspecified atom stereocenters. The average molecular weight is 173 g/mol. The van der Waals surface area contributed by atoms with Crippen molar-refractivity contribution in [2.75, 3.05) is 39.5 Å². The summed E-state index contributed by atoms with van der Waals surface area (Å²) in [5, 5.41) is 8.61. The summed E-state index contributed by atoms with van der Waals surface area (Å²) < 4.78 is 5.34. The monoisotopic (exact) mass is 173 g/mol. The first-order chi connectivity index (χ1) is 5.93. The molecule has 0 aromatic rings. The highest BCUT2D eigenvalue weighted by atomic mass is 16.5. The van der Waals surface area contributed by atoms with Gasteiger partial charge < -0.3 is 14.7 Å². The van der Waals surface area contributed by atoms with E-state index in [2.05, 4.69) is 4.90 Å². The molecule has 1 N–H and O–H groups in total. The first kappa shape index (κ1) is 9.96. The van der Waals surface area contributed by atoms with Gasteiger partial charge in [0.15, 0.2) is 0 Å². The van der Waals surface area contributed by atoms with E-state index >= 15 is 0 Å². The fourth-order valence-corrected chi connectivity index (χ4v) is 1.47. The van der Waals surface area contributed by atoms with Crippen LogP contribution < -0.4 is 0 Å². The van der Waals surface area contributed by atoms with Crippen molar-refractivity contribution in [1.82, 2.24) is 4.90 Å². The molecule has 0 atom stereocenters. The van der Waals surface area contributed by atoms with Crippen LogP contribution in [-0.2, 0) is 4.74 Å². The van der Waals surface area contributed by atoms with Gasteiger partial charge in [-0.05, 0) is 25.8 Å². The Hall–Kier alpha value is -0.120. The molecule has 0 amide bonds. The van der Waals surface area contributed by atoms with Crippen molar-refractivity contribution >= 4 is 0 Å². The summed E-state index contributed by atoms with van der Waals surface area (Å²) in [6.45, 7) is 5.45. The zero-order chi connectivity index (χ0) is 8.65. The summed E-state index contributed by atoms with van der Waals surface area (Å²) in [4.78, 5) is 2.42. The van der Waals surface area contributed by atoms with Gasteiger partial charge >= 0.3 is 0 Å². The van der Waals surface area contributed by atoms with Gasteiger partial charge in [0, 0.05) is 26.3 Å². The van der Waals surface area contributed by atoms with Crippen molar-refractivity contribution in [3.63, 3.8) is 0 Å². The maximum atomic E-state index is 8.61. The largest absolute Gasteiger partial charge is 0.396 e. The average Bonchev–Trinajstić information content (AvgIpc) is 2.33. The van der Waals surface area contributed by atoms with Gasteiger partial charge in [0.2, 0.25) is 0 Å². The van der Waals surface area contributed by atoms with E-state index in [0.717, 1.165) is 52.1 Å².